The molecule has 8 unspecified atom stereocenters. The van der Waals surface area contributed by atoms with E-state index in [0.717, 1.165) is 43.9 Å². The molecule has 2 N–H and O–H groups in total. The maximum Gasteiger partial charge on any atom is 0.414 e. The molecular weight excluding hydrogens is 377 g/mol. The van der Waals surface area contributed by atoms with Gasteiger partial charge >= 0.3 is 6.18 Å². The third kappa shape index (κ3) is 3.77. The van der Waals surface area contributed by atoms with Gasteiger partial charge in [-0.2, -0.15) is 13.2 Å². The Morgan fingerprint density at radius 2 is 1.62 bits per heavy atom. The van der Waals surface area contributed by atoms with Crippen molar-refractivity contribution in [2.45, 2.75) is 109 Å². The van der Waals surface area contributed by atoms with Gasteiger partial charge in [0.05, 0.1) is 6.10 Å². The molecule has 0 bridgehead atoms. The van der Waals surface area contributed by atoms with Crippen LogP contribution in [0.5, 0.6) is 0 Å². The van der Waals surface area contributed by atoms with Crippen molar-refractivity contribution >= 4 is 0 Å². The highest BCUT2D eigenvalue weighted by Gasteiger charge is 2.59. The van der Waals surface area contributed by atoms with Crippen molar-refractivity contribution in [2.75, 3.05) is 0 Å². The van der Waals surface area contributed by atoms with Crippen molar-refractivity contribution in [3.63, 3.8) is 0 Å². The summed E-state index contributed by atoms with van der Waals surface area (Å²) in [4.78, 5) is 0. The molecule has 2 nitrogen and oxygen atoms in total. The first-order valence-electron chi connectivity index (χ1n) is 12.0. The van der Waals surface area contributed by atoms with Gasteiger partial charge in [0.1, 0.15) is 6.10 Å². The number of hydrogen-bond donors (Lipinski definition) is 2. The number of fused-ring (bicyclic) bond motifs is 5. The summed E-state index contributed by atoms with van der Waals surface area (Å²) in [6, 6.07) is 0. The van der Waals surface area contributed by atoms with E-state index in [9.17, 15) is 23.4 Å². The SMILES string of the molecule is CC12CCC3[C@@H](CCC4CC(O)CCC43C)C1CCC2CCCC(O)C(F)(F)F. The van der Waals surface area contributed by atoms with Gasteiger partial charge in [-0.05, 0) is 111 Å². The van der Waals surface area contributed by atoms with Gasteiger partial charge in [-0.25, -0.2) is 0 Å². The number of halogens is 3. The molecule has 5 heteroatoms. The van der Waals surface area contributed by atoms with Crippen LogP contribution in [-0.4, -0.2) is 28.6 Å². The summed E-state index contributed by atoms with van der Waals surface area (Å²) in [5.74, 6) is 3.41. The van der Waals surface area contributed by atoms with Crippen molar-refractivity contribution in [3.05, 3.63) is 0 Å². The van der Waals surface area contributed by atoms with Crippen LogP contribution in [0.2, 0.25) is 0 Å². The summed E-state index contributed by atoms with van der Waals surface area (Å²) < 4.78 is 37.8. The minimum atomic E-state index is -4.48. The number of alkyl halides is 3. The van der Waals surface area contributed by atoms with Gasteiger partial charge in [0, 0.05) is 0 Å². The summed E-state index contributed by atoms with van der Waals surface area (Å²) in [6.45, 7) is 4.92. The highest BCUT2D eigenvalue weighted by Crippen LogP contribution is 2.67. The zero-order valence-corrected chi connectivity index (χ0v) is 18.1. The third-order valence-electron chi connectivity index (χ3n) is 10.2. The topological polar surface area (TPSA) is 40.5 Å². The molecule has 4 saturated carbocycles. The molecule has 4 rings (SSSR count). The van der Waals surface area contributed by atoms with Crippen LogP contribution < -0.4 is 0 Å². The lowest BCUT2D eigenvalue weighted by Crippen LogP contribution is -2.53. The third-order valence-corrected chi connectivity index (χ3v) is 10.2. The van der Waals surface area contributed by atoms with E-state index in [2.05, 4.69) is 13.8 Å². The molecule has 9 atom stereocenters. The maximum absolute atomic E-state index is 12.6. The second kappa shape index (κ2) is 7.69. The van der Waals surface area contributed by atoms with Gasteiger partial charge in [0.2, 0.25) is 0 Å². The Morgan fingerprint density at radius 1 is 0.931 bits per heavy atom. The van der Waals surface area contributed by atoms with Crippen LogP contribution in [0.4, 0.5) is 13.2 Å². The molecule has 0 aromatic rings. The first-order chi connectivity index (χ1) is 13.6. The normalized spacial score (nSPS) is 48.5. The summed E-state index contributed by atoms with van der Waals surface area (Å²) in [6.07, 6.45) is 4.80. The fourth-order valence-electron chi connectivity index (χ4n) is 8.54. The first kappa shape index (κ1) is 21.9. The van der Waals surface area contributed by atoms with E-state index in [-0.39, 0.29) is 17.9 Å². The standard InChI is InChI=1S/C24H39F3O2/c1-22-13-11-20-18(8-6-16-14-17(28)10-12-23(16,20)2)19(22)9-7-15(22)4-3-5-21(29)24(25,26)27/h15-21,28-29H,3-14H2,1-2H3/t15?,16?,17?,18-,19?,20?,21?,22?,23?/m0/s1. The van der Waals surface area contributed by atoms with Gasteiger partial charge in [-0.15, -0.1) is 0 Å². The molecule has 0 amide bonds. The first-order valence-corrected chi connectivity index (χ1v) is 12.0. The van der Waals surface area contributed by atoms with Crippen LogP contribution in [-0.2, 0) is 0 Å². The Morgan fingerprint density at radius 3 is 2.34 bits per heavy atom. The number of aliphatic hydroxyl groups excluding tert-OH is 2. The van der Waals surface area contributed by atoms with E-state index in [4.69, 9.17) is 0 Å². The lowest BCUT2D eigenvalue weighted by Gasteiger charge is -2.61. The molecule has 0 heterocycles. The molecule has 0 aromatic carbocycles. The Balaban J connectivity index is 1.41. The number of hydrogen-bond acceptors (Lipinski definition) is 2. The summed E-state index contributed by atoms with van der Waals surface area (Å²) >= 11 is 0. The van der Waals surface area contributed by atoms with Crippen molar-refractivity contribution in [1.82, 2.24) is 0 Å². The van der Waals surface area contributed by atoms with E-state index >= 15 is 0 Å². The largest absolute Gasteiger partial charge is 0.414 e. The predicted molar refractivity (Wildman–Crippen MR) is 107 cm³/mol. The van der Waals surface area contributed by atoms with E-state index in [0.29, 0.717) is 29.6 Å². The molecule has 0 aromatic heterocycles. The number of aliphatic hydroxyl groups is 2. The van der Waals surface area contributed by atoms with Gasteiger partial charge in [-0.1, -0.05) is 20.3 Å². The average molecular weight is 417 g/mol. The molecule has 4 aliphatic rings. The monoisotopic (exact) mass is 416 g/mol. The molecule has 0 saturated heterocycles. The van der Waals surface area contributed by atoms with Crippen LogP contribution in [0.15, 0.2) is 0 Å². The average Bonchev–Trinajstić information content (AvgIpc) is 2.98. The lowest BCUT2D eigenvalue weighted by atomic mass is 9.44. The second-order valence-electron chi connectivity index (χ2n) is 11.4. The Kier molecular flexibility index (Phi) is 5.81. The smallest absolute Gasteiger partial charge is 0.393 e. The molecule has 4 fully saturated rings. The molecule has 0 aliphatic heterocycles. The summed E-state index contributed by atoms with van der Waals surface area (Å²) in [5.41, 5.74) is 0.639. The molecule has 0 spiro atoms. The van der Waals surface area contributed by atoms with Crippen molar-refractivity contribution in [2.24, 2.45) is 40.4 Å². The van der Waals surface area contributed by atoms with E-state index < -0.39 is 12.3 Å². The zero-order chi connectivity index (χ0) is 21.0. The molecular formula is C24H39F3O2. The minimum absolute atomic E-state index is 0.110. The van der Waals surface area contributed by atoms with Crippen LogP contribution in [0.3, 0.4) is 0 Å². The van der Waals surface area contributed by atoms with Gasteiger partial charge < -0.3 is 10.2 Å². The quantitative estimate of drug-likeness (QED) is 0.581. The Hall–Kier alpha value is -0.290. The second-order valence-corrected chi connectivity index (χ2v) is 11.4. The van der Waals surface area contributed by atoms with Crippen LogP contribution in [0, 0.1) is 40.4 Å². The van der Waals surface area contributed by atoms with Gasteiger partial charge in [0.25, 0.3) is 0 Å². The maximum atomic E-state index is 12.6. The summed E-state index contributed by atoms with van der Waals surface area (Å²) in [7, 11) is 0. The molecule has 4 aliphatic carbocycles. The minimum Gasteiger partial charge on any atom is -0.393 e. The highest BCUT2D eigenvalue weighted by atomic mass is 19.4. The van der Waals surface area contributed by atoms with Crippen molar-refractivity contribution in [3.8, 4) is 0 Å². The number of rotatable bonds is 4. The van der Waals surface area contributed by atoms with Crippen LogP contribution >= 0.6 is 0 Å². The van der Waals surface area contributed by atoms with Crippen LogP contribution in [0.25, 0.3) is 0 Å². The fraction of sp³-hybridized carbons (Fsp3) is 1.00. The van der Waals surface area contributed by atoms with Crippen molar-refractivity contribution in [1.29, 1.82) is 0 Å². The van der Waals surface area contributed by atoms with Gasteiger partial charge in [-0.3, -0.25) is 0 Å². The zero-order valence-electron chi connectivity index (χ0n) is 18.1. The highest BCUT2D eigenvalue weighted by molar-refractivity contribution is 5.09. The Labute approximate surface area is 173 Å². The van der Waals surface area contributed by atoms with E-state index in [1.54, 1.807) is 0 Å². The molecule has 0 radical (unpaired) electrons. The molecule has 168 valence electrons. The van der Waals surface area contributed by atoms with E-state index in [1.807, 2.05) is 0 Å². The van der Waals surface area contributed by atoms with E-state index in [1.165, 1.54) is 32.1 Å². The van der Waals surface area contributed by atoms with Crippen LogP contribution in [0.1, 0.15) is 90.9 Å². The Bertz CT molecular complexity index is 593. The lowest BCUT2D eigenvalue weighted by molar-refractivity contribution is -0.205. The molecule has 29 heavy (non-hydrogen) atoms. The predicted octanol–water partition coefficient (Wildman–Crippen LogP) is 6.10. The van der Waals surface area contributed by atoms with Crippen molar-refractivity contribution < 1.29 is 23.4 Å². The fourth-order valence-corrected chi connectivity index (χ4v) is 8.54. The summed E-state index contributed by atoms with van der Waals surface area (Å²) in [5, 5.41) is 19.5. The van der Waals surface area contributed by atoms with Gasteiger partial charge in [0.15, 0.2) is 0 Å².